The van der Waals surface area contributed by atoms with E-state index in [4.69, 9.17) is 11.6 Å². The predicted molar refractivity (Wildman–Crippen MR) is 57.6 cm³/mol. The van der Waals surface area contributed by atoms with Crippen LogP contribution >= 0.6 is 22.9 Å². The second kappa shape index (κ2) is 4.26. The van der Waals surface area contributed by atoms with Gasteiger partial charge in [0.25, 0.3) is 0 Å². The van der Waals surface area contributed by atoms with E-state index in [2.05, 4.69) is 4.98 Å². The largest absolute Gasteiger partial charge is 0.381 e. The summed E-state index contributed by atoms with van der Waals surface area (Å²) in [5.74, 6) is -0.519. The Hall–Kier alpha value is -0.970. The van der Waals surface area contributed by atoms with Crippen molar-refractivity contribution in [2.24, 2.45) is 0 Å². The lowest BCUT2D eigenvalue weighted by atomic mass is 10.2. The molecule has 2 nitrogen and oxygen atoms in total. The zero-order valence-corrected chi connectivity index (χ0v) is 9.10. The van der Waals surface area contributed by atoms with Gasteiger partial charge in [0, 0.05) is 11.1 Å². The molecule has 1 atom stereocenters. The summed E-state index contributed by atoms with van der Waals surface area (Å²) in [5.41, 5.74) is 0.0241. The van der Waals surface area contributed by atoms with Crippen molar-refractivity contribution in [1.82, 2.24) is 4.98 Å². The second-order valence-electron chi connectivity index (χ2n) is 2.91. The first-order chi connectivity index (χ1) is 7.18. The molecule has 1 N–H and O–H groups in total. The third kappa shape index (κ3) is 2.17. The standard InChI is InChI=1S/C10H7ClFNOS/c11-8-4-3-7(15-8)10(14)9-6(12)2-1-5-13-9/h1-5,10,14H. The molecule has 0 fully saturated rings. The normalized spacial score (nSPS) is 12.7. The average Bonchev–Trinajstić information content (AvgIpc) is 2.65. The summed E-state index contributed by atoms with van der Waals surface area (Å²) in [6.45, 7) is 0. The smallest absolute Gasteiger partial charge is 0.147 e. The highest BCUT2D eigenvalue weighted by Crippen LogP contribution is 2.30. The van der Waals surface area contributed by atoms with E-state index in [1.165, 1.54) is 29.7 Å². The van der Waals surface area contributed by atoms with E-state index in [1.807, 2.05) is 0 Å². The number of thiophene rings is 1. The van der Waals surface area contributed by atoms with E-state index >= 15 is 0 Å². The Bertz CT molecular complexity index is 474. The maximum Gasteiger partial charge on any atom is 0.147 e. The molecule has 0 aromatic carbocycles. The maximum atomic E-state index is 13.3. The van der Waals surface area contributed by atoms with Crippen LogP contribution < -0.4 is 0 Å². The van der Waals surface area contributed by atoms with Gasteiger partial charge in [-0.25, -0.2) is 4.39 Å². The van der Waals surface area contributed by atoms with Gasteiger partial charge in [-0.05, 0) is 24.3 Å². The van der Waals surface area contributed by atoms with Gasteiger partial charge >= 0.3 is 0 Å². The molecule has 0 amide bonds. The van der Waals surface area contributed by atoms with Gasteiger partial charge in [0.05, 0.1) is 4.34 Å². The minimum absolute atomic E-state index is 0.0241. The zero-order chi connectivity index (χ0) is 10.8. The van der Waals surface area contributed by atoms with E-state index in [1.54, 1.807) is 12.1 Å². The molecule has 2 heterocycles. The number of aliphatic hydroxyl groups is 1. The third-order valence-electron chi connectivity index (χ3n) is 1.91. The van der Waals surface area contributed by atoms with Crippen molar-refractivity contribution >= 4 is 22.9 Å². The molecule has 2 aromatic rings. The minimum atomic E-state index is -1.05. The van der Waals surface area contributed by atoms with Crippen LogP contribution in [0.1, 0.15) is 16.7 Å². The monoisotopic (exact) mass is 243 g/mol. The van der Waals surface area contributed by atoms with Crippen LogP contribution in [0.4, 0.5) is 4.39 Å². The Morgan fingerprint density at radius 3 is 2.80 bits per heavy atom. The molecular formula is C10H7ClFNOS. The highest BCUT2D eigenvalue weighted by molar-refractivity contribution is 7.16. The molecule has 0 saturated heterocycles. The van der Waals surface area contributed by atoms with Crippen molar-refractivity contribution in [2.45, 2.75) is 6.10 Å². The lowest BCUT2D eigenvalue weighted by Crippen LogP contribution is -2.03. The molecule has 0 bridgehead atoms. The lowest BCUT2D eigenvalue weighted by Gasteiger charge is -2.07. The first-order valence-electron chi connectivity index (χ1n) is 4.22. The molecule has 0 aliphatic carbocycles. The molecule has 0 radical (unpaired) electrons. The molecule has 0 spiro atoms. The summed E-state index contributed by atoms with van der Waals surface area (Å²) in [7, 11) is 0. The Labute approximate surface area is 95.0 Å². The Kier molecular flexibility index (Phi) is 3.00. The molecule has 1 unspecified atom stereocenters. The van der Waals surface area contributed by atoms with Gasteiger partial charge in [-0.1, -0.05) is 11.6 Å². The molecule has 78 valence electrons. The zero-order valence-electron chi connectivity index (χ0n) is 7.52. The SMILES string of the molecule is OC(c1ccc(Cl)s1)c1ncccc1F. The van der Waals surface area contributed by atoms with E-state index in [0.717, 1.165) is 0 Å². The molecule has 2 rings (SSSR count). The molecule has 15 heavy (non-hydrogen) atoms. The van der Waals surface area contributed by atoms with Gasteiger partial charge in [0.15, 0.2) is 0 Å². The molecular weight excluding hydrogens is 237 g/mol. The van der Waals surface area contributed by atoms with Crippen LogP contribution in [-0.2, 0) is 0 Å². The van der Waals surface area contributed by atoms with Gasteiger partial charge in [0.2, 0.25) is 0 Å². The fraction of sp³-hybridized carbons (Fsp3) is 0.100. The number of nitrogens with zero attached hydrogens (tertiary/aromatic N) is 1. The van der Waals surface area contributed by atoms with Crippen molar-refractivity contribution < 1.29 is 9.50 Å². The maximum absolute atomic E-state index is 13.3. The van der Waals surface area contributed by atoms with Crippen LogP contribution in [0, 0.1) is 5.82 Å². The van der Waals surface area contributed by atoms with Crippen molar-refractivity contribution in [3.63, 3.8) is 0 Å². The van der Waals surface area contributed by atoms with Gasteiger partial charge in [-0.3, -0.25) is 4.98 Å². The van der Waals surface area contributed by atoms with Gasteiger partial charge in [0.1, 0.15) is 17.6 Å². The third-order valence-corrected chi connectivity index (χ3v) is 3.19. The van der Waals surface area contributed by atoms with E-state index < -0.39 is 11.9 Å². The highest BCUT2D eigenvalue weighted by atomic mass is 35.5. The number of hydrogen-bond donors (Lipinski definition) is 1. The minimum Gasteiger partial charge on any atom is -0.381 e. The fourth-order valence-corrected chi connectivity index (χ4v) is 2.26. The fourth-order valence-electron chi connectivity index (χ4n) is 1.21. The van der Waals surface area contributed by atoms with Gasteiger partial charge in [-0.15, -0.1) is 11.3 Å². The quantitative estimate of drug-likeness (QED) is 0.880. The van der Waals surface area contributed by atoms with Crippen LogP contribution in [0.3, 0.4) is 0 Å². The molecule has 0 saturated carbocycles. The number of aromatic nitrogens is 1. The van der Waals surface area contributed by atoms with E-state index in [9.17, 15) is 9.50 Å². The number of halogens is 2. The highest BCUT2D eigenvalue weighted by Gasteiger charge is 2.17. The van der Waals surface area contributed by atoms with Crippen LogP contribution in [0.15, 0.2) is 30.5 Å². The van der Waals surface area contributed by atoms with Crippen LogP contribution in [0.25, 0.3) is 0 Å². The summed E-state index contributed by atoms with van der Waals surface area (Å²) in [6.07, 6.45) is 0.389. The summed E-state index contributed by atoms with van der Waals surface area (Å²) < 4.78 is 13.8. The Balaban J connectivity index is 2.36. The van der Waals surface area contributed by atoms with Crippen molar-refractivity contribution in [3.8, 4) is 0 Å². The van der Waals surface area contributed by atoms with Crippen LogP contribution in [0.5, 0.6) is 0 Å². The first kappa shape index (κ1) is 10.5. The summed E-state index contributed by atoms with van der Waals surface area (Å²) in [5, 5.41) is 9.84. The van der Waals surface area contributed by atoms with Crippen molar-refractivity contribution in [1.29, 1.82) is 0 Å². The van der Waals surface area contributed by atoms with E-state index in [0.29, 0.717) is 9.21 Å². The molecule has 0 aliphatic heterocycles. The van der Waals surface area contributed by atoms with Gasteiger partial charge in [-0.2, -0.15) is 0 Å². The summed E-state index contributed by atoms with van der Waals surface area (Å²) in [6, 6.07) is 6.06. The summed E-state index contributed by atoms with van der Waals surface area (Å²) in [4.78, 5) is 4.38. The van der Waals surface area contributed by atoms with Crippen molar-refractivity contribution in [2.75, 3.05) is 0 Å². The number of hydrogen-bond acceptors (Lipinski definition) is 3. The number of pyridine rings is 1. The van der Waals surface area contributed by atoms with E-state index in [-0.39, 0.29) is 5.69 Å². The number of aliphatic hydroxyl groups excluding tert-OH is 1. The summed E-state index contributed by atoms with van der Waals surface area (Å²) >= 11 is 6.93. The first-order valence-corrected chi connectivity index (χ1v) is 5.41. The molecule has 2 aromatic heterocycles. The molecule has 5 heteroatoms. The second-order valence-corrected chi connectivity index (χ2v) is 4.66. The van der Waals surface area contributed by atoms with Gasteiger partial charge < -0.3 is 5.11 Å². The topological polar surface area (TPSA) is 33.1 Å². The molecule has 0 aliphatic rings. The average molecular weight is 244 g/mol. The van der Waals surface area contributed by atoms with Crippen molar-refractivity contribution in [3.05, 3.63) is 51.2 Å². The predicted octanol–water partition coefficient (Wildman–Crippen LogP) is 3.02. The van der Waals surface area contributed by atoms with Crippen LogP contribution in [0.2, 0.25) is 4.34 Å². The Morgan fingerprint density at radius 2 is 2.20 bits per heavy atom. The van der Waals surface area contributed by atoms with Crippen LogP contribution in [-0.4, -0.2) is 10.1 Å². The number of rotatable bonds is 2. The lowest BCUT2D eigenvalue weighted by molar-refractivity contribution is 0.213. The Morgan fingerprint density at radius 1 is 1.40 bits per heavy atom.